The van der Waals surface area contributed by atoms with Crippen molar-refractivity contribution in [2.45, 2.75) is 26.2 Å². The summed E-state index contributed by atoms with van der Waals surface area (Å²) in [5.74, 6) is -0.848. The van der Waals surface area contributed by atoms with E-state index in [9.17, 15) is 9.90 Å². The van der Waals surface area contributed by atoms with E-state index in [-0.39, 0.29) is 11.8 Å². The van der Waals surface area contributed by atoms with Gasteiger partial charge in [-0.05, 0) is 49.4 Å². The van der Waals surface area contributed by atoms with Crippen LogP contribution in [0.1, 0.15) is 29.0 Å². The molecule has 1 saturated heterocycles. The molecule has 3 heteroatoms. The van der Waals surface area contributed by atoms with E-state index in [0.29, 0.717) is 6.54 Å². The minimum Gasteiger partial charge on any atom is -0.481 e. The number of carbonyl (C=O) groups is 1. The van der Waals surface area contributed by atoms with Gasteiger partial charge in [0, 0.05) is 6.54 Å². The minimum absolute atomic E-state index is 0.146. The number of carboxylic acid groups (broad SMARTS) is 1. The van der Waals surface area contributed by atoms with Gasteiger partial charge in [-0.1, -0.05) is 18.2 Å². The molecule has 2 rings (SSSR count). The number of benzene rings is 1. The van der Waals surface area contributed by atoms with Gasteiger partial charge in [0.25, 0.3) is 0 Å². The van der Waals surface area contributed by atoms with Crippen LogP contribution in [0.15, 0.2) is 18.2 Å². The fourth-order valence-electron chi connectivity index (χ4n) is 2.51. The maximum Gasteiger partial charge on any atom is 0.308 e. The Kier molecular flexibility index (Phi) is 3.48. The van der Waals surface area contributed by atoms with Crippen LogP contribution in [0.25, 0.3) is 0 Å². The maximum absolute atomic E-state index is 11.2. The van der Waals surface area contributed by atoms with Crippen molar-refractivity contribution in [1.29, 1.82) is 0 Å². The molecule has 1 heterocycles. The number of aliphatic carboxylic acids is 1. The van der Waals surface area contributed by atoms with Gasteiger partial charge < -0.3 is 10.4 Å². The standard InChI is InChI=1S/C14H19NO2/c1-9-3-4-11(7-10(9)2)12-5-6-15-8-13(12)14(16)17/h3-4,7,12-13,15H,5-6,8H2,1-2H3,(H,16,17). The second kappa shape index (κ2) is 4.88. The van der Waals surface area contributed by atoms with Gasteiger partial charge in [0.1, 0.15) is 0 Å². The van der Waals surface area contributed by atoms with Gasteiger partial charge in [-0.2, -0.15) is 0 Å². The first-order valence-electron chi connectivity index (χ1n) is 6.10. The lowest BCUT2D eigenvalue weighted by Crippen LogP contribution is -2.39. The number of piperidine rings is 1. The Morgan fingerprint density at radius 1 is 1.35 bits per heavy atom. The van der Waals surface area contributed by atoms with Crippen LogP contribution in [0, 0.1) is 19.8 Å². The van der Waals surface area contributed by atoms with E-state index in [1.807, 2.05) is 0 Å². The fourth-order valence-corrected chi connectivity index (χ4v) is 2.51. The molecule has 17 heavy (non-hydrogen) atoms. The van der Waals surface area contributed by atoms with Gasteiger partial charge >= 0.3 is 5.97 Å². The van der Waals surface area contributed by atoms with E-state index in [1.165, 1.54) is 16.7 Å². The van der Waals surface area contributed by atoms with Crippen LogP contribution in [0.4, 0.5) is 0 Å². The van der Waals surface area contributed by atoms with Gasteiger partial charge in [-0.15, -0.1) is 0 Å². The summed E-state index contributed by atoms with van der Waals surface area (Å²) >= 11 is 0. The zero-order chi connectivity index (χ0) is 12.4. The molecule has 92 valence electrons. The fraction of sp³-hybridized carbons (Fsp3) is 0.500. The molecule has 0 aliphatic carbocycles. The first kappa shape index (κ1) is 12.1. The van der Waals surface area contributed by atoms with E-state index in [1.54, 1.807) is 0 Å². The van der Waals surface area contributed by atoms with Crippen molar-refractivity contribution >= 4 is 5.97 Å². The quantitative estimate of drug-likeness (QED) is 0.822. The minimum atomic E-state index is -0.694. The summed E-state index contributed by atoms with van der Waals surface area (Å²) in [4.78, 5) is 11.2. The van der Waals surface area contributed by atoms with Crippen LogP contribution < -0.4 is 5.32 Å². The van der Waals surface area contributed by atoms with Crippen molar-refractivity contribution in [3.05, 3.63) is 34.9 Å². The lowest BCUT2D eigenvalue weighted by molar-refractivity contribution is -0.142. The number of hydrogen-bond donors (Lipinski definition) is 2. The van der Waals surface area contributed by atoms with Gasteiger partial charge in [-0.25, -0.2) is 0 Å². The van der Waals surface area contributed by atoms with Crippen molar-refractivity contribution in [1.82, 2.24) is 5.32 Å². The van der Waals surface area contributed by atoms with E-state index in [4.69, 9.17) is 0 Å². The van der Waals surface area contributed by atoms with Crippen LogP contribution >= 0.6 is 0 Å². The van der Waals surface area contributed by atoms with Crippen molar-refractivity contribution in [3.8, 4) is 0 Å². The van der Waals surface area contributed by atoms with Crippen LogP contribution in [-0.2, 0) is 4.79 Å². The number of carboxylic acids is 1. The topological polar surface area (TPSA) is 49.3 Å². The highest BCUT2D eigenvalue weighted by atomic mass is 16.4. The molecule has 0 amide bonds. The average molecular weight is 233 g/mol. The summed E-state index contributed by atoms with van der Waals surface area (Å²) in [5, 5.41) is 12.4. The van der Waals surface area contributed by atoms with E-state index in [2.05, 4.69) is 37.4 Å². The zero-order valence-corrected chi connectivity index (χ0v) is 10.4. The third-order valence-corrected chi connectivity index (χ3v) is 3.76. The molecule has 1 aromatic rings. The van der Waals surface area contributed by atoms with Gasteiger partial charge in [-0.3, -0.25) is 4.79 Å². The molecule has 2 unspecified atom stereocenters. The summed E-state index contributed by atoms with van der Waals surface area (Å²) in [7, 11) is 0. The smallest absolute Gasteiger partial charge is 0.308 e. The summed E-state index contributed by atoms with van der Waals surface area (Å²) in [6.45, 7) is 5.64. The van der Waals surface area contributed by atoms with Crippen molar-refractivity contribution in [2.24, 2.45) is 5.92 Å². The third kappa shape index (κ3) is 2.50. The Hall–Kier alpha value is -1.35. The monoisotopic (exact) mass is 233 g/mol. The van der Waals surface area contributed by atoms with Crippen molar-refractivity contribution < 1.29 is 9.90 Å². The molecular formula is C14H19NO2. The highest BCUT2D eigenvalue weighted by molar-refractivity contribution is 5.72. The Morgan fingerprint density at radius 3 is 2.76 bits per heavy atom. The largest absolute Gasteiger partial charge is 0.481 e. The first-order valence-corrected chi connectivity index (χ1v) is 6.10. The van der Waals surface area contributed by atoms with Gasteiger partial charge in [0.15, 0.2) is 0 Å². The highest BCUT2D eigenvalue weighted by Gasteiger charge is 2.31. The molecule has 2 N–H and O–H groups in total. The van der Waals surface area contributed by atoms with E-state index < -0.39 is 5.97 Å². The maximum atomic E-state index is 11.2. The number of aryl methyl sites for hydroxylation is 2. The normalized spacial score (nSPS) is 24.6. The van der Waals surface area contributed by atoms with E-state index >= 15 is 0 Å². The Balaban J connectivity index is 2.29. The molecule has 1 aliphatic rings. The second-order valence-corrected chi connectivity index (χ2v) is 4.89. The second-order valence-electron chi connectivity index (χ2n) is 4.89. The summed E-state index contributed by atoms with van der Waals surface area (Å²) in [6.07, 6.45) is 0.902. The third-order valence-electron chi connectivity index (χ3n) is 3.76. The molecule has 1 fully saturated rings. The van der Waals surface area contributed by atoms with Crippen LogP contribution in [0.2, 0.25) is 0 Å². The Morgan fingerprint density at radius 2 is 2.12 bits per heavy atom. The number of rotatable bonds is 2. The molecular weight excluding hydrogens is 214 g/mol. The number of nitrogens with one attached hydrogen (secondary N) is 1. The molecule has 0 saturated carbocycles. The summed E-state index contributed by atoms with van der Waals surface area (Å²) < 4.78 is 0. The molecule has 0 aromatic heterocycles. The molecule has 3 nitrogen and oxygen atoms in total. The number of hydrogen-bond acceptors (Lipinski definition) is 2. The van der Waals surface area contributed by atoms with Gasteiger partial charge in [0.05, 0.1) is 5.92 Å². The highest BCUT2D eigenvalue weighted by Crippen LogP contribution is 2.31. The lowest BCUT2D eigenvalue weighted by Gasteiger charge is -2.30. The lowest BCUT2D eigenvalue weighted by atomic mass is 9.80. The molecule has 1 aliphatic heterocycles. The van der Waals surface area contributed by atoms with E-state index in [0.717, 1.165) is 13.0 Å². The first-order chi connectivity index (χ1) is 8.09. The summed E-state index contributed by atoms with van der Waals surface area (Å²) in [5.41, 5.74) is 3.67. The zero-order valence-electron chi connectivity index (χ0n) is 10.4. The molecule has 0 radical (unpaired) electrons. The van der Waals surface area contributed by atoms with Crippen LogP contribution in [0.3, 0.4) is 0 Å². The van der Waals surface area contributed by atoms with Crippen molar-refractivity contribution in [2.75, 3.05) is 13.1 Å². The molecule has 1 aromatic carbocycles. The molecule has 2 atom stereocenters. The molecule has 0 spiro atoms. The summed E-state index contributed by atoms with van der Waals surface area (Å²) in [6, 6.07) is 6.31. The predicted molar refractivity (Wildman–Crippen MR) is 67.3 cm³/mol. The van der Waals surface area contributed by atoms with Gasteiger partial charge in [0.2, 0.25) is 0 Å². The Labute approximate surface area is 102 Å². The van der Waals surface area contributed by atoms with Crippen LogP contribution in [-0.4, -0.2) is 24.2 Å². The SMILES string of the molecule is Cc1ccc(C2CCNCC2C(=O)O)cc1C. The molecule has 0 bridgehead atoms. The van der Waals surface area contributed by atoms with Crippen LogP contribution in [0.5, 0.6) is 0 Å². The average Bonchev–Trinajstić information content (AvgIpc) is 2.32. The Bertz CT molecular complexity index is 428. The van der Waals surface area contributed by atoms with Crippen molar-refractivity contribution in [3.63, 3.8) is 0 Å². The predicted octanol–water partition coefficient (Wildman–Crippen LogP) is 2.08.